The van der Waals surface area contributed by atoms with Crippen molar-refractivity contribution in [3.63, 3.8) is 0 Å². The van der Waals surface area contributed by atoms with E-state index in [-0.39, 0.29) is 31.5 Å². The van der Waals surface area contributed by atoms with Crippen molar-refractivity contribution in [2.24, 2.45) is 11.1 Å². The van der Waals surface area contributed by atoms with Gasteiger partial charge in [-0.05, 0) is 62.4 Å². The third-order valence-corrected chi connectivity index (χ3v) is 6.13. The molecule has 31 heavy (non-hydrogen) atoms. The lowest BCUT2D eigenvalue weighted by Crippen LogP contribution is -2.53. The van der Waals surface area contributed by atoms with E-state index < -0.39 is 60.1 Å². The number of rotatable bonds is 8. The second-order valence-electron chi connectivity index (χ2n) is 8.36. The van der Waals surface area contributed by atoms with E-state index in [0.717, 1.165) is 18.2 Å². The molecule has 11 heteroatoms. The summed E-state index contributed by atoms with van der Waals surface area (Å²) in [5.41, 5.74) is 2.97. The summed E-state index contributed by atoms with van der Waals surface area (Å²) in [4.78, 5) is 13.4. The van der Waals surface area contributed by atoms with Crippen molar-refractivity contribution in [2.75, 3.05) is 19.6 Å². The van der Waals surface area contributed by atoms with Crippen molar-refractivity contribution >= 4 is 5.91 Å². The number of carbonyl (C=O) groups is 1. The number of nitrogens with two attached hydrogens (primary N) is 1. The van der Waals surface area contributed by atoms with Gasteiger partial charge in [0.25, 0.3) is 5.92 Å². The fraction of sp³-hybridized carbons (Fsp3) is 0.650. The maximum Gasteiger partial charge on any atom is 0.403 e. The standard InChI is InChI=1S/C20H24F7N3O/c21-13-3-4-15(22)12(8-13)9-16(28)19(23,24)11-30-7-1-2-14(30)10-29-17(31)18(5-6-18)20(25,26)27/h3-4,8,14,16H,1-2,5-7,9-11,28H2,(H,29,31)/t14?,16-/m1/s1. The van der Waals surface area contributed by atoms with Crippen LogP contribution in [0.2, 0.25) is 0 Å². The number of nitrogens with one attached hydrogen (secondary N) is 1. The van der Waals surface area contributed by atoms with Crippen molar-refractivity contribution in [3.05, 3.63) is 35.4 Å². The molecule has 0 spiro atoms. The van der Waals surface area contributed by atoms with Crippen LogP contribution in [-0.2, 0) is 11.2 Å². The molecule has 4 nitrogen and oxygen atoms in total. The number of nitrogens with zero attached hydrogens (tertiary/aromatic N) is 1. The number of hydrogen-bond acceptors (Lipinski definition) is 3. The molecule has 1 amide bonds. The summed E-state index contributed by atoms with van der Waals surface area (Å²) in [6.45, 7) is -0.710. The Morgan fingerprint density at radius 1 is 1.23 bits per heavy atom. The average Bonchev–Trinajstić information content (AvgIpc) is 3.39. The minimum absolute atomic E-state index is 0.180. The van der Waals surface area contributed by atoms with Crippen molar-refractivity contribution < 1.29 is 35.5 Å². The van der Waals surface area contributed by atoms with Gasteiger partial charge in [0.1, 0.15) is 17.0 Å². The monoisotopic (exact) mass is 455 g/mol. The first-order valence-corrected chi connectivity index (χ1v) is 10.0. The average molecular weight is 455 g/mol. The van der Waals surface area contributed by atoms with Crippen LogP contribution in [0.3, 0.4) is 0 Å². The molecule has 1 heterocycles. The molecule has 1 aromatic rings. The van der Waals surface area contributed by atoms with Gasteiger partial charge in [0.05, 0.1) is 12.6 Å². The maximum absolute atomic E-state index is 14.7. The summed E-state index contributed by atoms with van der Waals surface area (Å²) in [5, 5.41) is 2.26. The first-order chi connectivity index (χ1) is 14.4. The van der Waals surface area contributed by atoms with E-state index in [1.807, 2.05) is 0 Å². The lowest BCUT2D eigenvalue weighted by Gasteiger charge is -2.32. The predicted molar refractivity (Wildman–Crippen MR) is 98.3 cm³/mol. The predicted octanol–water partition coefficient (Wildman–Crippen LogP) is 3.39. The Morgan fingerprint density at radius 3 is 2.52 bits per heavy atom. The van der Waals surface area contributed by atoms with Gasteiger partial charge < -0.3 is 11.1 Å². The van der Waals surface area contributed by atoms with Crippen molar-refractivity contribution in [2.45, 2.75) is 56.3 Å². The molecule has 1 unspecified atom stereocenters. The number of alkyl halides is 5. The Morgan fingerprint density at radius 2 is 1.90 bits per heavy atom. The Labute approximate surface area is 174 Å². The Hall–Kier alpha value is -1.88. The number of hydrogen-bond donors (Lipinski definition) is 2. The van der Waals surface area contributed by atoms with Crippen LogP contribution in [-0.4, -0.2) is 54.6 Å². The van der Waals surface area contributed by atoms with Crippen molar-refractivity contribution in [1.82, 2.24) is 10.2 Å². The quantitative estimate of drug-likeness (QED) is 0.591. The van der Waals surface area contributed by atoms with Crippen LogP contribution in [0.4, 0.5) is 30.7 Å². The van der Waals surface area contributed by atoms with E-state index in [2.05, 4.69) is 5.32 Å². The van der Waals surface area contributed by atoms with Gasteiger partial charge in [0, 0.05) is 12.6 Å². The number of amides is 1. The fourth-order valence-corrected chi connectivity index (χ4v) is 3.95. The molecule has 1 aromatic carbocycles. The van der Waals surface area contributed by atoms with Gasteiger partial charge in [-0.2, -0.15) is 13.2 Å². The highest BCUT2D eigenvalue weighted by atomic mass is 19.4. The summed E-state index contributed by atoms with van der Waals surface area (Å²) in [5.74, 6) is -6.20. The molecule has 174 valence electrons. The fourth-order valence-electron chi connectivity index (χ4n) is 3.95. The van der Waals surface area contributed by atoms with Crippen LogP contribution in [0.1, 0.15) is 31.2 Å². The SMILES string of the molecule is N[C@H](Cc1cc(F)ccc1F)C(F)(F)CN1CCCC1CNC(=O)C1(C(F)(F)F)CC1. The van der Waals surface area contributed by atoms with Gasteiger partial charge >= 0.3 is 6.18 Å². The second kappa shape index (κ2) is 8.57. The minimum atomic E-state index is -4.64. The van der Waals surface area contributed by atoms with Crippen LogP contribution in [0.5, 0.6) is 0 Å². The molecule has 1 saturated heterocycles. The number of likely N-dealkylation sites (tertiary alicyclic amines) is 1. The molecular weight excluding hydrogens is 431 g/mol. The number of halogens is 7. The van der Waals surface area contributed by atoms with E-state index in [1.165, 1.54) is 4.90 Å². The van der Waals surface area contributed by atoms with E-state index in [4.69, 9.17) is 5.73 Å². The molecular formula is C20H24F7N3O. The van der Waals surface area contributed by atoms with Crippen LogP contribution < -0.4 is 11.1 Å². The first kappa shape index (κ1) is 23.8. The van der Waals surface area contributed by atoms with E-state index >= 15 is 0 Å². The van der Waals surface area contributed by atoms with Gasteiger partial charge in [0.2, 0.25) is 5.91 Å². The van der Waals surface area contributed by atoms with Crippen LogP contribution in [0.15, 0.2) is 18.2 Å². The minimum Gasteiger partial charge on any atom is -0.354 e. The lowest BCUT2D eigenvalue weighted by molar-refractivity contribution is -0.192. The van der Waals surface area contributed by atoms with E-state index in [0.29, 0.717) is 12.8 Å². The molecule has 2 fully saturated rings. The lowest BCUT2D eigenvalue weighted by atomic mass is 10.00. The van der Waals surface area contributed by atoms with Crippen molar-refractivity contribution in [1.29, 1.82) is 0 Å². The number of benzene rings is 1. The molecule has 0 radical (unpaired) electrons. The number of carbonyl (C=O) groups excluding carboxylic acids is 1. The summed E-state index contributed by atoms with van der Waals surface area (Å²) in [6, 6.07) is 0.170. The van der Waals surface area contributed by atoms with E-state index in [1.54, 1.807) is 0 Å². The maximum atomic E-state index is 14.7. The zero-order chi connectivity index (χ0) is 23.0. The zero-order valence-electron chi connectivity index (χ0n) is 16.6. The molecule has 1 saturated carbocycles. The second-order valence-corrected chi connectivity index (χ2v) is 8.36. The molecule has 1 aliphatic heterocycles. The normalized spacial score (nSPS) is 22.4. The van der Waals surface area contributed by atoms with E-state index in [9.17, 15) is 35.5 Å². The molecule has 2 atom stereocenters. The molecule has 0 aromatic heterocycles. The van der Waals surface area contributed by atoms with Crippen LogP contribution >= 0.6 is 0 Å². The Balaban J connectivity index is 1.57. The van der Waals surface area contributed by atoms with Crippen LogP contribution in [0.25, 0.3) is 0 Å². The summed E-state index contributed by atoms with van der Waals surface area (Å²) in [7, 11) is 0. The summed E-state index contributed by atoms with van der Waals surface area (Å²) >= 11 is 0. The summed E-state index contributed by atoms with van der Waals surface area (Å²) < 4.78 is 95.5. The third-order valence-electron chi connectivity index (χ3n) is 6.13. The molecule has 1 aliphatic carbocycles. The van der Waals surface area contributed by atoms with Crippen molar-refractivity contribution in [3.8, 4) is 0 Å². The van der Waals surface area contributed by atoms with Gasteiger partial charge in [-0.25, -0.2) is 17.6 Å². The topological polar surface area (TPSA) is 58.4 Å². The molecule has 3 rings (SSSR count). The first-order valence-electron chi connectivity index (χ1n) is 10.0. The molecule has 3 N–H and O–H groups in total. The highest BCUT2D eigenvalue weighted by molar-refractivity contribution is 5.86. The smallest absolute Gasteiger partial charge is 0.354 e. The van der Waals surface area contributed by atoms with Gasteiger partial charge in [-0.1, -0.05) is 0 Å². The zero-order valence-corrected chi connectivity index (χ0v) is 16.6. The van der Waals surface area contributed by atoms with Gasteiger partial charge in [-0.15, -0.1) is 0 Å². The summed E-state index contributed by atoms with van der Waals surface area (Å²) in [6.07, 6.45) is -4.81. The van der Waals surface area contributed by atoms with Gasteiger partial charge in [0.15, 0.2) is 0 Å². The molecule has 0 bridgehead atoms. The van der Waals surface area contributed by atoms with Gasteiger partial charge in [-0.3, -0.25) is 9.69 Å². The molecule has 2 aliphatic rings. The Kier molecular flexibility index (Phi) is 6.57. The highest BCUT2D eigenvalue weighted by Gasteiger charge is 2.68. The van der Waals surface area contributed by atoms with Crippen LogP contribution in [0, 0.1) is 17.0 Å². The largest absolute Gasteiger partial charge is 0.403 e. The highest BCUT2D eigenvalue weighted by Crippen LogP contribution is 2.57. The Bertz CT molecular complexity index is 810. The third kappa shape index (κ3) is 5.14.